The van der Waals surface area contributed by atoms with Gasteiger partial charge in [-0.25, -0.2) is 9.98 Å². The van der Waals surface area contributed by atoms with E-state index in [-0.39, 0.29) is 0 Å². The van der Waals surface area contributed by atoms with E-state index in [2.05, 4.69) is 51.7 Å². The maximum atomic E-state index is 4.67. The molecule has 0 amide bonds. The van der Waals surface area contributed by atoms with Crippen molar-refractivity contribution in [2.45, 2.75) is 65.5 Å². The largest absolute Gasteiger partial charge is 0.357 e. The molecular formula is C18H33N5S. The molecule has 0 spiro atoms. The maximum absolute atomic E-state index is 4.67. The number of aliphatic imine (C=N–C) groups is 1. The lowest BCUT2D eigenvalue weighted by molar-refractivity contribution is 0.147. The Morgan fingerprint density at radius 3 is 2.92 bits per heavy atom. The summed E-state index contributed by atoms with van der Waals surface area (Å²) in [6.07, 6.45) is 6.35. The number of hydrogen-bond donors (Lipinski definition) is 2. The number of rotatable bonds is 8. The average molecular weight is 352 g/mol. The first kappa shape index (κ1) is 19.2. The van der Waals surface area contributed by atoms with Gasteiger partial charge in [0.2, 0.25) is 0 Å². The van der Waals surface area contributed by atoms with Crippen LogP contribution in [0.3, 0.4) is 0 Å². The lowest BCUT2D eigenvalue weighted by Gasteiger charge is -2.35. The lowest BCUT2D eigenvalue weighted by Crippen LogP contribution is -2.45. The van der Waals surface area contributed by atoms with Crippen molar-refractivity contribution in [2.24, 2.45) is 4.99 Å². The van der Waals surface area contributed by atoms with Crippen molar-refractivity contribution in [1.82, 2.24) is 20.5 Å². The number of nitrogens with one attached hydrogen (secondary N) is 2. The molecule has 136 valence electrons. The number of nitrogens with zero attached hydrogens (tertiary/aromatic N) is 3. The second-order valence-electron chi connectivity index (χ2n) is 6.30. The van der Waals surface area contributed by atoms with Gasteiger partial charge < -0.3 is 10.6 Å². The highest BCUT2D eigenvalue weighted by Crippen LogP contribution is 2.18. The molecule has 0 aliphatic carbocycles. The van der Waals surface area contributed by atoms with Crippen LogP contribution in [0, 0.1) is 0 Å². The highest BCUT2D eigenvalue weighted by atomic mass is 32.1. The van der Waals surface area contributed by atoms with E-state index in [9.17, 15) is 0 Å². The molecular weight excluding hydrogens is 318 g/mol. The van der Waals surface area contributed by atoms with Gasteiger partial charge in [0.15, 0.2) is 5.96 Å². The summed E-state index contributed by atoms with van der Waals surface area (Å²) in [5.74, 6) is 0.897. The Bertz CT molecular complexity index is 499. The number of aromatic nitrogens is 1. The van der Waals surface area contributed by atoms with Gasteiger partial charge in [0.05, 0.1) is 17.2 Å². The summed E-state index contributed by atoms with van der Waals surface area (Å²) in [7, 11) is 0. The molecule has 1 aliphatic rings. The van der Waals surface area contributed by atoms with E-state index in [1.807, 2.05) is 0 Å². The Morgan fingerprint density at radius 1 is 1.33 bits per heavy atom. The van der Waals surface area contributed by atoms with Gasteiger partial charge in [-0.2, -0.15) is 0 Å². The molecule has 1 aromatic heterocycles. The van der Waals surface area contributed by atoms with Gasteiger partial charge in [-0.05, 0) is 39.2 Å². The molecule has 24 heavy (non-hydrogen) atoms. The summed E-state index contributed by atoms with van der Waals surface area (Å²) in [6.45, 7) is 11.4. The first-order valence-corrected chi connectivity index (χ1v) is 10.3. The summed E-state index contributed by atoms with van der Waals surface area (Å²) in [5.41, 5.74) is 1.07. The number of aryl methyl sites for hydroxylation is 1. The van der Waals surface area contributed by atoms with Gasteiger partial charge in [-0.1, -0.05) is 20.3 Å². The molecule has 1 aliphatic heterocycles. The standard InChI is InChI=1S/C18H33N5S/c1-4-16-9-7-8-11-23(16)12-10-20-18(19-6-3)21-13-15-14-24-17(5-2)22-15/h14,16H,4-13H2,1-3H3,(H2,19,20,21). The lowest BCUT2D eigenvalue weighted by atomic mass is 10.0. The summed E-state index contributed by atoms with van der Waals surface area (Å²) in [6, 6.07) is 0.766. The Hall–Kier alpha value is -1.14. The predicted octanol–water partition coefficient (Wildman–Crippen LogP) is 3.03. The Morgan fingerprint density at radius 2 is 2.21 bits per heavy atom. The minimum Gasteiger partial charge on any atom is -0.357 e. The topological polar surface area (TPSA) is 52.6 Å². The fourth-order valence-corrected chi connectivity index (χ4v) is 3.96. The minimum atomic E-state index is 0.646. The van der Waals surface area contributed by atoms with Crippen LogP contribution in [0.5, 0.6) is 0 Å². The SMILES string of the molecule is CCNC(=NCc1csc(CC)n1)NCCN1CCCCC1CC. The average Bonchev–Trinajstić information content (AvgIpc) is 3.08. The van der Waals surface area contributed by atoms with Crippen molar-refractivity contribution in [1.29, 1.82) is 0 Å². The molecule has 0 radical (unpaired) electrons. The molecule has 1 unspecified atom stereocenters. The summed E-state index contributed by atoms with van der Waals surface area (Å²) in [4.78, 5) is 11.9. The zero-order valence-corrected chi connectivity index (χ0v) is 16.3. The van der Waals surface area contributed by atoms with E-state index in [4.69, 9.17) is 0 Å². The van der Waals surface area contributed by atoms with Crippen molar-refractivity contribution < 1.29 is 0 Å². The van der Waals surface area contributed by atoms with Crippen LogP contribution >= 0.6 is 11.3 Å². The fraction of sp³-hybridized carbons (Fsp3) is 0.778. The zero-order valence-electron chi connectivity index (χ0n) is 15.5. The van der Waals surface area contributed by atoms with Crippen LogP contribution in [0.4, 0.5) is 0 Å². The Kier molecular flexibility index (Phi) is 8.53. The highest BCUT2D eigenvalue weighted by Gasteiger charge is 2.19. The minimum absolute atomic E-state index is 0.646. The number of hydrogen-bond acceptors (Lipinski definition) is 4. The molecule has 1 atom stereocenters. The summed E-state index contributed by atoms with van der Waals surface area (Å²) >= 11 is 1.73. The van der Waals surface area contributed by atoms with E-state index in [0.29, 0.717) is 6.54 Å². The Balaban J connectivity index is 1.80. The van der Waals surface area contributed by atoms with Crippen LogP contribution in [0.25, 0.3) is 0 Å². The number of piperidine rings is 1. The third-order valence-corrected chi connectivity index (χ3v) is 5.60. The van der Waals surface area contributed by atoms with E-state index in [1.165, 1.54) is 37.2 Å². The first-order valence-electron chi connectivity index (χ1n) is 9.46. The number of guanidine groups is 1. The van der Waals surface area contributed by atoms with Gasteiger partial charge in [-0.3, -0.25) is 4.90 Å². The van der Waals surface area contributed by atoms with Crippen LogP contribution in [0.15, 0.2) is 10.4 Å². The summed E-state index contributed by atoms with van der Waals surface area (Å²) < 4.78 is 0. The molecule has 0 aromatic carbocycles. The van der Waals surface area contributed by atoms with E-state index < -0.39 is 0 Å². The van der Waals surface area contributed by atoms with Crippen molar-refractivity contribution in [2.75, 3.05) is 26.2 Å². The fourth-order valence-electron chi connectivity index (χ4n) is 3.22. The van der Waals surface area contributed by atoms with E-state index in [1.54, 1.807) is 11.3 Å². The van der Waals surface area contributed by atoms with Gasteiger partial charge >= 0.3 is 0 Å². The van der Waals surface area contributed by atoms with Gasteiger partial charge in [0.1, 0.15) is 0 Å². The molecule has 0 bridgehead atoms. The van der Waals surface area contributed by atoms with E-state index in [0.717, 1.165) is 43.8 Å². The molecule has 1 fully saturated rings. The highest BCUT2D eigenvalue weighted by molar-refractivity contribution is 7.09. The maximum Gasteiger partial charge on any atom is 0.191 e. The van der Waals surface area contributed by atoms with Crippen molar-refractivity contribution >= 4 is 17.3 Å². The van der Waals surface area contributed by atoms with Crippen molar-refractivity contribution in [3.05, 3.63) is 16.1 Å². The monoisotopic (exact) mass is 351 g/mol. The molecule has 2 heterocycles. The van der Waals surface area contributed by atoms with Gasteiger partial charge in [0.25, 0.3) is 0 Å². The molecule has 5 nitrogen and oxygen atoms in total. The quantitative estimate of drug-likeness (QED) is 0.558. The molecule has 6 heteroatoms. The normalized spacial score (nSPS) is 19.5. The molecule has 1 saturated heterocycles. The number of likely N-dealkylation sites (tertiary alicyclic amines) is 1. The first-order chi connectivity index (χ1) is 11.8. The Labute approximate surface area is 151 Å². The third kappa shape index (κ3) is 6.06. The van der Waals surface area contributed by atoms with Crippen LogP contribution < -0.4 is 10.6 Å². The van der Waals surface area contributed by atoms with Crippen molar-refractivity contribution in [3.8, 4) is 0 Å². The summed E-state index contributed by atoms with van der Waals surface area (Å²) in [5, 5.41) is 10.1. The second-order valence-corrected chi connectivity index (χ2v) is 7.24. The van der Waals surface area contributed by atoms with E-state index >= 15 is 0 Å². The van der Waals surface area contributed by atoms with Gasteiger partial charge in [-0.15, -0.1) is 11.3 Å². The third-order valence-electron chi connectivity index (χ3n) is 4.56. The smallest absolute Gasteiger partial charge is 0.191 e. The number of thiazole rings is 1. The predicted molar refractivity (Wildman–Crippen MR) is 104 cm³/mol. The zero-order chi connectivity index (χ0) is 17.2. The molecule has 2 rings (SSSR count). The van der Waals surface area contributed by atoms with Crippen molar-refractivity contribution in [3.63, 3.8) is 0 Å². The van der Waals surface area contributed by atoms with Crippen LogP contribution in [-0.2, 0) is 13.0 Å². The second kappa shape index (κ2) is 10.7. The molecule has 1 aromatic rings. The molecule has 0 saturated carbocycles. The molecule has 2 N–H and O–H groups in total. The van der Waals surface area contributed by atoms with Gasteiger partial charge in [0, 0.05) is 31.1 Å². The van der Waals surface area contributed by atoms with Crippen LogP contribution in [0.2, 0.25) is 0 Å². The van der Waals surface area contributed by atoms with Crippen LogP contribution in [-0.4, -0.2) is 48.1 Å². The van der Waals surface area contributed by atoms with Crippen LogP contribution in [0.1, 0.15) is 57.2 Å².